The van der Waals surface area contributed by atoms with Crippen molar-refractivity contribution in [2.45, 2.75) is 32.3 Å². The molecule has 1 fully saturated rings. The van der Waals surface area contributed by atoms with Crippen LogP contribution in [-0.2, 0) is 4.74 Å². The lowest BCUT2D eigenvalue weighted by molar-refractivity contribution is 0.0903. The molecule has 1 atom stereocenters. The largest absolute Gasteiger partial charge is 0.493 e. The van der Waals surface area contributed by atoms with E-state index in [1.54, 1.807) is 0 Å². The van der Waals surface area contributed by atoms with Crippen LogP contribution in [0.5, 0.6) is 5.75 Å². The Kier molecular flexibility index (Phi) is 5.26. The summed E-state index contributed by atoms with van der Waals surface area (Å²) in [5, 5.41) is 8.68. The van der Waals surface area contributed by atoms with E-state index >= 15 is 0 Å². The summed E-state index contributed by atoms with van der Waals surface area (Å²) in [6.45, 7) is 3.46. The second-order valence-electron chi connectivity index (χ2n) is 4.71. The van der Waals surface area contributed by atoms with E-state index in [-0.39, 0.29) is 6.61 Å². The maximum atomic E-state index is 8.68. The molecule has 0 saturated carbocycles. The molecular weight excluding hydrogens is 240 g/mol. The highest BCUT2D eigenvalue weighted by atomic mass is 16.5. The van der Waals surface area contributed by atoms with Crippen molar-refractivity contribution in [3.8, 4) is 17.6 Å². The number of benzene rings is 1. The minimum Gasteiger partial charge on any atom is -0.493 e. The molecule has 102 valence electrons. The van der Waals surface area contributed by atoms with Crippen LogP contribution in [0, 0.1) is 18.8 Å². The van der Waals surface area contributed by atoms with Crippen LogP contribution in [0.25, 0.3) is 0 Å². The summed E-state index contributed by atoms with van der Waals surface area (Å²) in [5.74, 6) is 6.43. The molecule has 1 N–H and O–H groups in total. The highest BCUT2D eigenvalue weighted by Gasteiger charge is 2.14. The van der Waals surface area contributed by atoms with Crippen LogP contribution < -0.4 is 4.74 Å². The predicted molar refractivity (Wildman–Crippen MR) is 74.2 cm³/mol. The van der Waals surface area contributed by atoms with E-state index in [0.717, 1.165) is 36.3 Å². The molecule has 1 aromatic rings. The number of hydrogen-bond donors (Lipinski definition) is 1. The lowest BCUT2D eigenvalue weighted by atomic mass is 10.1. The molecule has 3 heteroatoms. The molecule has 0 aliphatic carbocycles. The third-order valence-corrected chi connectivity index (χ3v) is 3.23. The fourth-order valence-corrected chi connectivity index (χ4v) is 2.18. The molecule has 0 bridgehead atoms. The van der Waals surface area contributed by atoms with Crippen LogP contribution in [-0.4, -0.2) is 31.0 Å². The summed E-state index contributed by atoms with van der Waals surface area (Å²) in [6, 6.07) is 5.83. The van der Waals surface area contributed by atoms with Crippen molar-refractivity contribution >= 4 is 0 Å². The highest BCUT2D eigenvalue weighted by molar-refractivity contribution is 5.44. The summed E-state index contributed by atoms with van der Waals surface area (Å²) in [4.78, 5) is 0. The Bertz CT molecular complexity index is 465. The first kappa shape index (κ1) is 13.9. The highest BCUT2D eigenvalue weighted by Crippen LogP contribution is 2.19. The minimum atomic E-state index is -0.112. The normalized spacial score (nSPS) is 17.9. The molecule has 2 rings (SSSR count). The fourth-order valence-electron chi connectivity index (χ4n) is 2.18. The number of rotatable bonds is 4. The number of aryl methyl sites for hydroxylation is 1. The predicted octanol–water partition coefficient (Wildman–Crippen LogP) is 2.29. The maximum Gasteiger partial charge on any atom is 0.119 e. The fraction of sp³-hybridized carbons (Fsp3) is 0.500. The van der Waals surface area contributed by atoms with Gasteiger partial charge in [0.05, 0.1) is 12.7 Å². The average molecular weight is 260 g/mol. The van der Waals surface area contributed by atoms with Gasteiger partial charge in [-0.3, -0.25) is 0 Å². The molecule has 0 amide bonds. The van der Waals surface area contributed by atoms with E-state index in [1.165, 1.54) is 6.42 Å². The summed E-state index contributed by atoms with van der Waals surface area (Å²) < 4.78 is 11.3. The summed E-state index contributed by atoms with van der Waals surface area (Å²) >= 11 is 0. The summed E-state index contributed by atoms with van der Waals surface area (Å²) in [7, 11) is 0. The first-order valence-electron chi connectivity index (χ1n) is 6.74. The summed E-state index contributed by atoms with van der Waals surface area (Å²) in [6.07, 6.45) is 3.64. The quantitative estimate of drug-likeness (QED) is 0.844. The van der Waals surface area contributed by atoms with E-state index in [1.807, 2.05) is 25.1 Å². The number of ether oxygens (including phenoxy) is 2. The Morgan fingerprint density at radius 3 is 3.05 bits per heavy atom. The second kappa shape index (κ2) is 7.18. The third-order valence-electron chi connectivity index (χ3n) is 3.23. The van der Waals surface area contributed by atoms with Crippen LogP contribution in [0.2, 0.25) is 0 Å². The molecule has 3 nitrogen and oxygen atoms in total. The van der Waals surface area contributed by atoms with Gasteiger partial charge in [-0.2, -0.15) is 0 Å². The Labute approximate surface area is 114 Å². The SMILES string of the molecule is Cc1cc(OCCC2CCCO2)ccc1C#CCO. The van der Waals surface area contributed by atoms with Crippen LogP contribution in [0.4, 0.5) is 0 Å². The van der Waals surface area contributed by atoms with Crippen LogP contribution >= 0.6 is 0 Å². The second-order valence-corrected chi connectivity index (χ2v) is 4.71. The van der Waals surface area contributed by atoms with Gasteiger partial charge < -0.3 is 14.6 Å². The van der Waals surface area contributed by atoms with Crippen molar-refractivity contribution < 1.29 is 14.6 Å². The smallest absolute Gasteiger partial charge is 0.119 e. The number of aliphatic hydroxyl groups excluding tert-OH is 1. The van der Waals surface area contributed by atoms with Gasteiger partial charge in [0, 0.05) is 18.6 Å². The van der Waals surface area contributed by atoms with Crippen molar-refractivity contribution in [3.05, 3.63) is 29.3 Å². The van der Waals surface area contributed by atoms with Crippen molar-refractivity contribution in [2.24, 2.45) is 0 Å². The van der Waals surface area contributed by atoms with Gasteiger partial charge in [0.2, 0.25) is 0 Å². The lowest BCUT2D eigenvalue weighted by Gasteiger charge is -2.11. The summed E-state index contributed by atoms with van der Waals surface area (Å²) in [5.41, 5.74) is 2.00. The standard InChI is InChI=1S/C16H20O3/c1-13-12-16(7-6-14(13)4-2-9-17)19-11-8-15-5-3-10-18-15/h6-7,12,15,17H,3,5,8-11H2,1H3. The van der Waals surface area contributed by atoms with Crippen LogP contribution in [0.15, 0.2) is 18.2 Å². The van der Waals surface area contributed by atoms with Crippen molar-refractivity contribution in [1.29, 1.82) is 0 Å². The van der Waals surface area contributed by atoms with E-state index in [4.69, 9.17) is 14.6 Å². The van der Waals surface area contributed by atoms with Gasteiger partial charge in [0.1, 0.15) is 12.4 Å². The first-order chi connectivity index (χ1) is 9.29. The Morgan fingerprint density at radius 2 is 2.37 bits per heavy atom. The maximum absolute atomic E-state index is 8.68. The van der Waals surface area contributed by atoms with Gasteiger partial charge >= 0.3 is 0 Å². The van der Waals surface area contributed by atoms with Crippen molar-refractivity contribution in [1.82, 2.24) is 0 Å². The topological polar surface area (TPSA) is 38.7 Å². The average Bonchev–Trinajstić information content (AvgIpc) is 2.91. The van der Waals surface area contributed by atoms with Crippen LogP contribution in [0.1, 0.15) is 30.4 Å². The van der Waals surface area contributed by atoms with Gasteiger partial charge in [-0.15, -0.1) is 0 Å². The molecule has 1 aromatic carbocycles. The molecule has 0 aromatic heterocycles. The zero-order chi connectivity index (χ0) is 13.5. The Morgan fingerprint density at radius 1 is 1.47 bits per heavy atom. The molecule has 1 aliphatic rings. The third kappa shape index (κ3) is 4.27. The van der Waals surface area contributed by atoms with Gasteiger partial charge in [-0.05, 0) is 43.5 Å². The molecule has 1 saturated heterocycles. The molecule has 1 unspecified atom stereocenters. The Balaban J connectivity index is 1.85. The Hall–Kier alpha value is -1.50. The minimum absolute atomic E-state index is 0.112. The lowest BCUT2D eigenvalue weighted by Crippen LogP contribution is -2.10. The molecule has 0 radical (unpaired) electrons. The van der Waals surface area contributed by atoms with Gasteiger partial charge in [0.25, 0.3) is 0 Å². The monoisotopic (exact) mass is 260 g/mol. The van der Waals surface area contributed by atoms with Gasteiger partial charge in [-0.1, -0.05) is 11.8 Å². The van der Waals surface area contributed by atoms with E-state index < -0.39 is 0 Å². The van der Waals surface area contributed by atoms with Crippen molar-refractivity contribution in [3.63, 3.8) is 0 Å². The molecular formula is C16H20O3. The van der Waals surface area contributed by atoms with E-state index in [2.05, 4.69) is 11.8 Å². The van der Waals surface area contributed by atoms with Crippen LogP contribution in [0.3, 0.4) is 0 Å². The van der Waals surface area contributed by atoms with E-state index in [0.29, 0.717) is 12.7 Å². The molecule has 1 aliphatic heterocycles. The molecule has 1 heterocycles. The molecule has 19 heavy (non-hydrogen) atoms. The number of aliphatic hydroxyl groups is 1. The van der Waals surface area contributed by atoms with Gasteiger partial charge in [-0.25, -0.2) is 0 Å². The number of hydrogen-bond acceptors (Lipinski definition) is 3. The zero-order valence-electron chi connectivity index (χ0n) is 11.3. The first-order valence-corrected chi connectivity index (χ1v) is 6.74. The molecule has 0 spiro atoms. The zero-order valence-corrected chi connectivity index (χ0v) is 11.3. The van der Waals surface area contributed by atoms with Gasteiger partial charge in [0.15, 0.2) is 0 Å². The van der Waals surface area contributed by atoms with Crippen molar-refractivity contribution in [2.75, 3.05) is 19.8 Å². The van der Waals surface area contributed by atoms with E-state index in [9.17, 15) is 0 Å².